The average molecular weight is 506 g/mol. The van der Waals surface area contributed by atoms with E-state index >= 15 is 0 Å². The smallest absolute Gasteiger partial charge is 0.277 e. The maximum atomic E-state index is 13.4. The van der Waals surface area contributed by atoms with Crippen molar-refractivity contribution in [1.82, 2.24) is 10.2 Å². The molecule has 1 atom stereocenters. The molecule has 0 spiro atoms. The van der Waals surface area contributed by atoms with Crippen LogP contribution in [0.15, 0.2) is 70.3 Å². The van der Waals surface area contributed by atoms with Gasteiger partial charge in [-0.15, -0.1) is 10.2 Å². The van der Waals surface area contributed by atoms with Crippen LogP contribution in [0.1, 0.15) is 21.9 Å². The number of methoxy groups -OCH3 is 3. The Bertz CT molecular complexity index is 1310. The number of hydrogen-bond acceptors (Lipinski definition) is 8. The number of nitrogens with zero attached hydrogens (tertiary/aromatic N) is 2. The van der Waals surface area contributed by atoms with Crippen LogP contribution in [0.3, 0.4) is 0 Å². The van der Waals surface area contributed by atoms with E-state index in [2.05, 4.69) is 21.6 Å². The van der Waals surface area contributed by atoms with E-state index in [4.69, 9.17) is 18.6 Å². The van der Waals surface area contributed by atoms with Crippen LogP contribution >= 0.6 is 11.8 Å². The topological polar surface area (TPSA) is 95.7 Å². The van der Waals surface area contributed by atoms with Gasteiger partial charge in [-0.1, -0.05) is 36.4 Å². The number of hydrogen-bond donors (Lipinski definition) is 1. The first kappa shape index (κ1) is 25.1. The summed E-state index contributed by atoms with van der Waals surface area (Å²) >= 11 is 1.18. The van der Waals surface area contributed by atoms with E-state index < -0.39 is 5.25 Å². The fourth-order valence-electron chi connectivity index (χ4n) is 3.83. The number of benzene rings is 3. The predicted molar refractivity (Wildman–Crippen MR) is 139 cm³/mol. The van der Waals surface area contributed by atoms with Crippen LogP contribution in [0, 0.1) is 13.8 Å². The number of ether oxygens (including phenoxy) is 3. The molecule has 1 unspecified atom stereocenters. The second-order valence-corrected chi connectivity index (χ2v) is 9.12. The van der Waals surface area contributed by atoms with E-state index in [1.165, 1.54) is 33.1 Å². The molecule has 3 aromatic carbocycles. The summed E-state index contributed by atoms with van der Waals surface area (Å²) in [5.41, 5.74) is 4.29. The maximum absolute atomic E-state index is 13.4. The molecule has 4 rings (SSSR count). The fraction of sp³-hybridized carbons (Fsp3) is 0.222. The molecule has 0 radical (unpaired) electrons. The summed E-state index contributed by atoms with van der Waals surface area (Å²) in [6.45, 7) is 3.99. The number of nitrogens with one attached hydrogen (secondary N) is 1. The van der Waals surface area contributed by atoms with Gasteiger partial charge in [0.25, 0.3) is 5.22 Å². The highest BCUT2D eigenvalue weighted by Gasteiger charge is 2.26. The van der Waals surface area contributed by atoms with Crippen LogP contribution < -0.4 is 19.5 Å². The largest absolute Gasteiger partial charge is 0.493 e. The first-order chi connectivity index (χ1) is 17.4. The van der Waals surface area contributed by atoms with Gasteiger partial charge >= 0.3 is 0 Å². The van der Waals surface area contributed by atoms with Crippen molar-refractivity contribution >= 4 is 23.4 Å². The van der Waals surface area contributed by atoms with Crippen molar-refractivity contribution in [1.29, 1.82) is 0 Å². The van der Waals surface area contributed by atoms with E-state index in [1.54, 1.807) is 12.1 Å². The van der Waals surface area contributed by atoms with Crippen LogP contribution in [0.25, 0.3) is 11.5 Å². The average Bonchev–Trinajstić information content (AvgIpc) is 3.35. The van der Waals surface area contributed by atoms with E-state index in [0.717, 1.165) is 22.4 Å². The zero-order valence-electron chi connectivity index (χ0n) is 20.7. The molecule has 0 fully saturated rings. The third-order valence-electron chi connectivity index (χ3n) is 5.37. The zero-order valence-corrected chi connectivity index (χ0v) is 21.5. The van der Waals surface area contributed by atoms with Crippen molar-refractivity contribution in [2.75, 3.05) is 26.6 Å². The minimum Gasteiger partial charge on any atom is -0.493 e. The minimum absolute atomic E-state index is 0.191. The van der Waals surface area contributed by atoms with Crippen molar-refractivity contribution in [3.63, 3.8) is 0 Å². The van der Waals surface area contributed by atoms with Gasteiger partial charge in [0.15, 0.2) is 11.5 Å². The molecule has 4 aromatic rings. The Hall–Kier alpha value is -3.98. The number of carbonyl (C=O) groups is 1. The summed E-state index contributed by atoms with van der Waals surface area (Å²) in [6.07, 6.45) is 0. The van der Waals surface area contributed by atoms with Gasteiger partial charge in [-0.25, -0.2) is 0 Å². The highest BCUT2D eigenvalue weighted by Crippen LogP contribution is 2.42. The quantitative estimate of drug-likeness (QED) is 0.283. The van der Waals surface area contributed by atoms with E-state index in [1.807, 2.05) is 56.3 Å². The van der Waals surface area contributed by atoms with Gasteiger partial charge in [0.05, 0.1) is 21.3 Å². The molecule has 1 N–H and O–H groups in total. The molecule has 1 heterocycles. The normalized spacial score (nSPS) is 11.6. The molecular weight excluding hydrogens is 478 g/mol. The molecule has 1 aromatic heterocycles. The second kappa shape index (κ2) is 11.2. The number of aryl methyl sites for hydroxylation is 2. The van der Waals surface area contributed by atoms with Gasteiger partial charge in [-0.05, 0) is 66.6 Å². The van der Waals surface area contributed by atoms with Crippen LogP contribution in [-0.2, 0) is 4.79 Å². The third-order valence-corrected chi connectivity index (χ3v) is 6.46. The van der Waals surface area contributed by atoms with Crippen LogP contribution in [-0.4, -0.2) is 37.4 Å². The van der Waals surface area contributed by atoms with Crippen molar-refractivity contribution in [2.45, 2.75) is 24.3 Å². The molecular formula is C27H27N3O5S. The van der Waals surface area contributed by atoms with Gasteiger partial charge in [0.1, 0.15) is 5.25 Å². The predicted octanol–water partition coefficient (Wildman–Crippen LogP) is 5.85. The molecule has 9 heteroatoms. The molecule has 1 amide bonds. The number of amides is 1. The SMILES string of the molecule is COc1cc(-c2nnc(SC(C(=O)Nc3cc(C)cc(C)c3)c3ccccc3)o2)cc(OC)c1OC. The van der Waals surface area contributed by atoms with E-state index in [0.29, 0.717) is 22.8 Å². The maximum Gasteiger partial charge on any atom is 0.277 e. The van der Waals surface area contributed by atoms with Gasteiger partial charge < -0.3 is 23.9 Å². The fourth-order valence-corrected chi connectivity index (χ4v) is 4.71. The van der Waals surface area contributed by atoms with E-state index in [-0.39, 0.29) is 17.0 Å². The van der Waals surface area contributed by atoms with Crippen LogP contribution in [0.2, 0.25) is 0 Å². The zero-order chi connectivity index (χ0) is 25.7. The lowest BCUT2D eigenvalue weighted by Gasteiger charge is -2.16. The first-order valence-electron chi connectivity index (χ1n) is 11.2. The highest BCUT2D eigenvalue weighted by molar-refractivity contribution is 8.00. The molecule has 0 saturated carbocycles. The van der Waals surface area contributed by atoms with Crippen molar-refractivity contribution in [2.24, 2.45) is 0 Å². The summed E-state index contributed by atoms with van der Waals surface area (Å²) in [7, 11) is 4.61. The third kappa shape index (κ3) is 5.63. The lowest BCUT2D eigenvalue weighted by atomic mass is 10.1. The number of thioether (sulfide) groups is 1. The van der Waals surface area contributed by atoms with Crippen molar-refractivity contribution < 1.29 is 23.4 Å². The number of rotatable bonds is 9. The minimum atomic E-state index is -0.611. The Kier molecular flexibility index (Phi) is 7.80. The highest BCUT2D eigenvalue weighted by atomic mass is 32.2. The molecule has 8 nitrogen and oxygen atoms in total. The van der Waals surface area contributed by atoms with Crippen molar-refractivity contribution in [3.05, 3.63) is 77.4 Å². The standard InChI is InChI=1S/C27H27N3O5S/c1-16-11-17(2)13-20(12-16)28-25(31)24(18-9-7-6-8-10-18)36-27-30-29-26(35-27)19-14-21(32-3)23(34-5)22(15-19)33-4/h6-15,24H,1-5H3,(H,28,31). The van der Waals surface area contributed by atoms with E-state index in [9.17, 15) is 4.79 Å². The Morgan fingerprint density at radius 2 is 1.53 bits per heavy atom. The van der Waals surface area contributed by atoms with Gasteiger partial charge in [0.2, 0.25) is 17.5 Å². The first-order valence-corrected chi connectivity index (χ1v) is 12.0. The summed E-state index contributed by atoms with van der Waals surface area (Å²) in [5, 5.41) is 11.0. The Morgan fingerprint density at radius 3 is 2.11 bits per heavy atom. The molecule has 36 heavy (non-hydrogen) atoms. The lowest BCUT2D eigenvalue weighted by Crippen LogP contribution is -2.19. The van der Waals surface area contributed by atoms with Crippen LogP contribution in [0.4, 0.5) is 5.69 Å². The molecule has 0 bridgehead atoms. The Morgan fingerprint density at radius 1 is 0.889 bits per heavy atom. The van der Waals surface area contributed by atoms with Crippen molar-refractivity contribution in [3.8, 4) is 28.7 Å². The summed E-state index contributed by atoms with van der Waals surface area (Å²) in [6, 6.07) is 18.9. The van der Waals surface area contributed by atoms with Gasteiger partial charge in [-0.2, -0.15) is 0 Å². The molecule has 0 aliphatic rings. The van der Waals surface area contributed by atoms with Gasteiger partial charge in [0, 0.05) is 11.3 Å². The number of carbonyl (C=O) groups excluding carboxylic acids is 1. The lowest BCUT2D eigenvalue weighted by molar-refractivity contribution is -0.115. The molecule has 0 aliphatic heterocycles. The molecule has 0 saturated heterocycles. The number of anilines is 1. The number of aromatic nitrogens is 2. The molecule has 186 valence electrons. The molecule has 0 aliphatic carbocycles. The van der Waals surface area contributed by atoms with Crippen LogP contribution in [0.5, 0.6) is 17.2 Å². The Balaban J connectivity index is 1.63. The Labute approximate surface area is 214 Å². The second-order valence-electron chi connectivity index (χ2n) is 8.06. The summed E-state index contributed by atoms with van der Waals surface area (Å²) < 4.78 is 22.2. The summed E-state index contributed by atoms with van der Waals surface area (Å²) in [5.74, 6) is 1.47. The van der Waals surface area contributed by atoms with Gasteiger partial charge in [-0.3, -0.25) is 4.79 Å². The summed E-state index contributed by atoms with van der Waals surface area (Å²) in [4.78, 5) is 13.4. The monoisotopic (exact) mass is 505 g/mol.